The fourth-order valence-corrected chi connectivity index (χ4v) is 2.50. The SMILES string of the molecule is CCc1cnc(CNC2CCCC(C(F)(F)F)C2)o1. The minimum Gasteiger partial charge on any atom is -0.444 e. The number of hydrogen-bond donors (Lipinski definition) is 1. The molecule has 0 aromatic carbocycles. The van der Waals surface area contributed by atoms with E-state index in [9.17, 15) is 13.2 Å². The number of alkyl halides is 3. The third-order valence-corrected chi connectivity index (χ3v) is 3.63. The van der Waals surface area contributed by atoms with Gasteiger partial charge in [-0.2, -0.15) is 13.2 Å². The van der Waals surface area contributed by atoms with E-state index >= 15 is 0 Å². The first kappa shape index (κ1) is 14.4. The van der Waals surface area contributed by atoms with Crippen LogP contribution in [0.25, 0.3) is 0 Å². The number of rotatable bonds is 4. The van der Waals surface area contributed by atoms with E-state index in [0.29, 0.717) is 18.9 Å². The third kappa shape index (κ3) is 3.96. The van der Waals surface area contributed by atoms with E-state index in [0.717, 1.165) is 18.6 Å². The summed E-state index contributed by atoms with van der Waals surface area (Å²) in [4.78, 5) is 4.09. The van der Waals surface area contributed by atoms with Crippen LogP contribution >= 0.6 is 0 Å². The Morgan fingerprint density at radius 2 is 2.21 bits per heavy atom. The number of oxazole rings is 1. The molecule has 3 nitrogen and oxygen atoms in total. The molecule has 1 N–H and O–H groups in total. The second-order valence-electron chi connectivity index (χ2n) is 5.06. The van der Waals surface area contributed by atoms with E-state index in [-0.39, 0.29) is 18.9 Å². The second-order valence-corrected chi connectivity index (χ2v) is 5.06. The minimum absolute atomic E-state index is 0.0997. The molecule has 0 saturated heterocycles. The average molecular weight is 276 g/mol. The van der Waals surface area contributed by atoms with Gasteiger partial charge in [0.2, 0.25) is 5.89 Å². The smallest absolute Gasteiger partial charge is 0.391 e. The summed E-state index contributed by atoms with van der Waals surface area (Å²) in [5.74, 6) is 0.175. The van der Waals surface area contributed by atoms with Gasteiger partial charge in [-0.05, 0) is 19.3 Å². The van der Waals surface area contributed by atoms with E-state index in [1.807, 2.05) is 6.92 Å². The van der Waals surface area contributed by atoms with Gasteiger partial charge in [-0.1, -0.05) is 13.3 Å². The molecule has 2 atom stereocenters. The lowest BCUT2D eigenvalue weighted by Crippen LogP contribution is -2.38. The summed E-state index contributed by atoms with van der Waals surface area (Å²) in [6.45, 7) is 2.36. The van der Waals surface area contributed by atoms with Crippen LogP contribution in [0.5, 0.6) is 0 Å². The van der Waals surface area contributed by atoms with Crippen LogP contribution in [-0.2, 0) is 13.0 Å². The molecule has 2 unspecified atom stereocenters. The van der Waals surface area contributed by atoms with Crippen molar-refractivity contribution in [1.82, 2.24) is 10.3 Å². The normalized spacial score (nSPS) is 24.6. The van der Waals surface area contributed by atoms with Crippen molar-refractivity contribution >= 4 is 0 Å². The highest BCUT2D eigenvalue weighted by Gasteiger charge is 2.42. The van der Waals surface area contributed by atoms with Crippen molar-refractivity contribution in [3.63, 3.8) is 0 Å². The zero-order chi connectivity index (χ0) is 13.9. The lowest BCUT2D eigenvalue weighted by atomic mass is 9.85. The Hall–Kier alpha value is -1.04. The Labute approximate surface area is 110 Å². The Kier molecular flexibility index (Phi) is 4.50. The first-order valence-electron chi connectivity index (χ1n) is 6.72. The van der Waals surface area contributed by atoms with Gasteiger partial charge in [-0.25, -0.2) is 4.98 Å². The van der Waals surface area contributed by atoms with Gasteiger partial charge in [0.15, 0.2) is 0 Å². The summed E-state index contributed by atoms with van der Waals surface area (Å²) >= 11 is 0. The molecule has 0 bridgehead atoms. The zero-order valence-corrected chi connectivity index (χ0v) is 11.0. The number of nitrogens with zero attached hydrogens (tertiary/aromatic N) is 1. The molecular weight excluding hydrogens is 257 g/mol. The molecule has 2 rings (SSSR count). The predicted molar refractivity (Wildman–Crippen MR) is 64.5 cm³/mol. The van der Waals surface area contributed by atoms with Crippen molar-refractivity contribution in [2.45, 2.75) is 57.8 Å². The zero-order valence-electron chi connectivity index (χ0n) is 11.0. The summed E-state index contributed by atoms with van der Waals surface area (Å²) < 4.78 is 43.4. The summed E-state index contributed by atoms with van der Waals surface area (Å²) in [5, 5.41) is 3.12. The minimum atomic E-state index is -4.07. The van der Waals surface area contributed by atoms with Crippen LogP contribution in [0.4, 0.5) is 13.2 Å². The van der Waals surface area contributed by atoms with Gasteiger partial charge in [0.25, 0.3) is 0 Å². The van der Waals surface area contributed by atoms with Gasteiger partial charge in [0.1, 0.15) is 5.76 Å². The topological polar surface area (TPSA) is 38.1 Å². The van der Waals surface area contributed by atoms with Crippen LogP contribution in [0, 0.1) is 5.92 Å². The lowest BCUT2D eigenvalue weighted by Gasteiger charge is -2.30. The summed E-state index contributed by atoms with van der Waals surface area (Å²) in [6.07, 6.45) is 0.175. The highest BCUT2D eigenvalue weighted by molar-refractivity contribution is 4.94. The highest BCUT2D eigenvalue weighted by Crippen LogP contribution is 2.37. The monoisotopic (exact) mass is 276 g/mol. The number of halogens is 3. The van der Waals surface area contributed by atoms with Crippen molar-refractivity contribution in [2.24, 2.45) is 5.92 Å². The van der Waals surface area contributed by atoms with E-state index < -0.39 is 12.1 Å². The van der Waals surface area contributed by atoms with E-state index in [1.54, 1.807) is 6.20 Å². The first-order valence-corrected chi connectivity index (χ1v) is 6.72. The van der Waals surface area contributed by atoms with Crippen molar-refractivity contribution in [1.29, 1.82) is 0 Å². The molecule has 1 aromatic rings. The fraction of sp³-hybridized carbons (Fsp3) is 0.769. The summed E-state index contributed by atoms with van der Waals surface area (Å²) in [5.41, 5.74) is 0. The van der Waals surface area contributed by atoms with Gasteiger partial charge >= 0.3 is 6.18 Å². The molecular formula is C13H19F3N2O. The molecule has 1 aliphatic carbocycles. The number of aryl methyl sites for hydroxylation is 1. The van der Waals surface area contributed by atoms with Crippen LogP contribution < -0.4 is 5.32 Å². The molecule has 19 heavy (non-hydrogen) atoms. The lowest BCUT2D eigenvalue weighted by molar-refractivity contribution is -0.183. The largest absolute Gasteiger partial charge is 0.444 e. The molecule has 0 spiro atoms. The van der Waals surface area contributed by atoms with Gasteiger partial charge in [-0.15, -0.1) is 0 Å². The number of nitrogens with one attached hydrogen (secondary N) is 1. The molecule has 1 aliphatic rings. The fourth-order valence-electron chi connectivity index (χ4n) is 2.50. The van der Waals surface area contributed by atoms with Crippen molar-refractivity contribution < 1.29 is 17.6 Å². The molecule has 0 radical (unpaired) electrons. The first-order chi connectivity index (χ1) is 8.99. The maximum atomic E-state index is 12.7. The molecule has 1 fully saturated rings. The molecule has 1 saturated carbocycles. The predicted octanol–water partition coefficient (Wildman–Crippen LogP) is 3.45. The van der Waals surface area contributed by atoms with Crippen molar-refractivity contribution in [2.75, 3.05) is 0 Å². The van der Waals surface area contributed by atoms with E-state index in [4.69, 9.17) is 4.42 Å². The number of aromatic nitrogens is 1. The maximum absolute atomic E-state index is 12.7. The molecule has 1 heterocycles. The van der Waals surface area contributed by atoms with Crippen molar-refractivity contribution in [3.8, 4) is 0 Å². The quantitative estimate of drug-likeness (QED) is 0.915. The van der Waals surface area contributed by atoms with Crippen LogP contribution in [0.2, 0.25) is 0 Å². The Bertz CT molecular complexity index is 403. The molecule has 108 valence electrons. The highest BCUT2D eigenvalue weighted by atomic mass is 19.4. The van der Waals surface area contributed by atoms with E-state index in [1.165, 1.54) is 0 Å². The van der Waals surface area contributed by atoms with E-state index in [2.05, 4.69) is 10.3 Å². The molecule has 0 aliphatic heterocycles. The summed E-state index contributed by atoms with van der Waals surface area (Å²) in [7, 11) is 0. The standard InChI is InChI=1S/C13H19F3N2O/c1-2-11-7-18-12(19-11)8-17-10-5-3-4-9(6-10)13(14,15)16/h7,9-10,17H,2-6,8H2,1H3. The van der Waals surface area contributed by atoms with Gasteiger partial charge in [0.05, 0.1) is 18.7 Å². The Morgan fingerprint density at radius 3 is 2.84 bits per heavy atom. The van der Waals surface area contributed by atoms with Gasteiger partial charge < -0.3 is 9.73 Å². The molecule has 0 amide bonds. The molecule has 1 aromatic heterocycles. The molecule has 6 heteroatoms. The summed E-state index contributed by atoms with van der Waals surface area (Å²) in [6, 6.07) is -0.0997. The second kappa shape index (κ2) is 5.94. The van der Waals surface area contributed by atoms with Gasteiger partial charge in [-0.3, -0.25) is 0 Å². The van der Waals surface area contributed by atoms with Crippen LogP contribution in [0.1, 0.15) is 44.3 Å². The number of hydrogen-bond acceptors (Lipinski definition) is 3. The Balaban J connectivity index is 1.82. The van der Waals surface area contributed by atoms with Gasteiger partial charge in [0, 0.05) is 12.5 Å². The van der Waals surface area contributed by atoms with Crippen LogP contribution in [0.3, 0.4) is 0 Å². The average Bonchev–Trinajstić information content (AvgIpc) is 2.84. The van der Waals surface area contributed by atoms with Crippen molar-refractivity contribution in [3.05, 3.63) is 17.8 Å². The van der Waals surface area contributed by atoms with Crippen LogP contribution in [-0.4, -0.2) is 17.2 Å². The Morgan fingerprint density at radius 1 is 1.42 bits per heavy atom. The van der Waals surface area contributed by atoms with Crippen LogP contribution in [0.15, 0.2) is 10.6 Å². The third-order valence-electron chi connectivity index (χ3n) is 3.63. The maximum Gasteiger partial charge on any atom is 0.391 e.